The highest BCUT2D eigenvalue weighted by atomic mass is 35.5. The third-order valence-corrected chi connectivity index (χ3v) is 5.51. The van der Waals surface area contributed by atoms with Crippen LogP contribution in [0.5, 0.6) is 5.75 Å². The van der Waals surface area contributed by atoms with E-state index in [1.165, 1.54) is 23.3 Å². The zero-order valence-electron chi connectivity index (χ0n) is 16.6. The van der Waals surface area contributed by atoms with E-state index in [0.29, 0.717) is 30.4 Å². The number of hydrogen-bond donors (Lipinski definition) is 0. The van der Waals surface area contributed by atoms with E-state index < -0.39 is 5.82 Å². The van der Waals surface area contributed by atoms with Crippen LogP contribution in [0, 0.1) is 18.7 Å². The largest absolute Gasteiger partial charge is 0.493 e. The Balaban J connectivity index is 1.49. The molecule has 1 fully saturated rings. The average molecular weight is 429 g/mol. The van der Waals surface area contributed by atoms with E-state index in [1.54, 1.807) is 23.1 Å². The Bertz CT molecular complexity index is 1040. The molecule has 1 aliphatic heterocycles. The van der Waals surface area contributed by atoms with E-state index in [4.69, 9.17) is 16.3 Å². The normalized spacial score (nSPS) is 16.5. The van der Waals surface area contributed by atoms with Gasteiger partial charge in [-0.25, -0.2) is 4.39 Å². The third kappa shape index (κ3) is 4.31. The first-order chi connectivity index (χ1) is 14.5. The number of amides is 1. The van der Waals surface area contributed by atoms with Crippen molar-refractivity contribution in [3.8, 4) is 11.4 Å². The molecule has 0 spiro atoms. The molecule has 0 aliphatic carbocycles. The number of piperidine rings is 1. The van der Waals surface area contributed by atoms with Crippen LogP contribution in [0.3, 0.4) is 0 Å². The maximum Gasteiger partial charge on any atom is 0.259 e. The molecule has 3 aromatic rings. The fourth-order valence-corrected chi connectivity index (χ4v) is 3.87. The lowest BCUT2D eigenvalue weighted by Crippen LogP contribution is -2.42. The van der Waals surface area contributed by atoms with Crippen LogP contribution >= 0.6 is 11.6 Å². The minimum absolute atomic E-state index is 0.0130. The van der Waals surface area contributed by atoms with Crippen LogP contribution in [-0.4, -0.2) is 45.5 Å². The van der Waals surface area contributed by atoms with E-state index in [-0.39, 0.29) is 17.4 Å². The number of nitrogens with zero attached hydrogens (tertiary/aromatic N) is 4. The number of rotatable bonds is 5. The molecule has 30 heavy (non-hydrogen) atoms. The van der Waals surface area contributed by atoms with Crippen molar-refractivity contribution in [3.05, 3.63) is 70.8 Å². The van der Waals surface area contributed by atoms with Gasteiger partial charge in [-0.05, 0) is 49.6 Å². The molecule has 0 saturated carbocycles. The van der Waals surface area contributed by atoms with Crippen molar-refractivity contribution >= 4 is 17.5 Å². The Kier molecular flexibility index (Phi) is 5.99. The molecule has 1 aromatic heterocycles. The predicted molar refractivity (Wildman–Crippen MR) is 112 cm³/mol. The molecule has 6 nitrogen and oxygen atoms in total. The van der Waals surface area contributed by atoms with E-state index in [9.17, 15) is 9.18 Å². The molecule has 2 heterocycles. The minimum Gasteiger partial charge on any atom is -0.493 e. The summed E-state index contributed by atoms with van der Waals surface area (Å²) in [4.78, 5) is 16.2. The van der Waals surface area contributed by atoms with Crippen molar-refractivity contribution in [1.82, 2.24) is 19.9 Å². The second-order valence-corrected chi connectivity index (χ2v) is 7.87. The Morgan fingerprint density at radius 3 is 2.87 bits per heavy atom. The first-order valence-electron chi connectivity index (χ1n) is 9.86. The number of ether oxygens (including phenoxy) is 1. The van der Waals surface area contributed by atoms with E-state index >= 15 is 0 Å². The molecular formula is C22H22ClFN4O2. The van der Waals surface area contributed by atoms with Gasteiger partial charge >= 0.3 is 0 Å². The van der Waals surface area contributed by atoms with Crippen LogP contribution in [0.4, 0.5) is 4.39 Å². The highest BCUT2D eigenvalue weighted by molar-refractivity contribution is 6.30. The molecule has 0 unspecified atom stereocenters. The SMILES string of the molecule is Cc1ccc(Cl)cc1OC[C@@H]1CCCN(C(=O)c2c(F)cccc2-n2nccn2)C1. The maximum absolute atomic E-state index is 14.6. The van der Waals surface area contributed by atoms with Crippen molar-refractivity contribution in [2.45, 2.75) is 19.8 Å². The summed E-state index contributed by atoms with van der Waals surface area (Å²) in [5.41, 5.74) is 1.32. The van der Waals surface area contributed by atoms with Crippen LogP contribution in [0.15, 0.2) is 48.8 Å². The number of carbonyl (C=O) groups is 1. The number of benzene rings is 2. The quantitative estimate of drug-likeness (QED) is 0.608. The fraction of sp³-hybridized carbons (Fsp3) is 0.318. The number of hydrogen-bond acceptors (Lipinski definition) is 4. The zero-order valence-corrected chi connectivity index (χ0v) is 17.3. The van der Waals surface area contributed by atoms with Gasteiger partial charge in [0.2, 0.25) is 0 Å². The number of halogens is 2. The van der Waals surface area contributed by atoms with Gasteiger partial charge in [-0.15, -0.1) is 0 Å². The van der Waals surface area contributed by atoms with Crippen molar-refractivity contribution in [2.24, 2.45) is 5.92 Å². The second kappa shape index (κ2) is 8.83. The molecule has 8 heteroatoms. The second-order valence-electron chi connectivity index (χ2n) is 7.43. The molecule has 1 atom stereocenters. The molecule has 1 saturated heterocycles. The molecule has 4 rings (SSSR count). The number of aromatic nitrogens is 3. The van der Waals surface area contributed by atoms with Gasteiger partial charge < -0.3 is 9.64 Å². The molecule has 2 aromatic carbocycles. The summed E-state index contributed by atoms with van der Waals surface area (Å²) < 4.78 is 20.6. The summed E-state index contributed by atoms with van der Waals surface area (Å²) in [6.45, 7) is 3.51. The highest BCUT2D eigenvalue weighted by Gasteiger charge is 2.29. The van der Waals surface area contributed by atoms with Crippen molar-refractivity contribution in [3.63, 3.8) is 0 Å². The monoisotopic (exact) mass is 428 g/mol. The lowest BCUT2D eigenvalue weighted by molar-refractivity contribution is 0.0628. The summed E-state index contributed by atoms with van der Waals surface area (Å²) in [6.07, 6.45) is 4.75. The molecule has 0 bridgehead atoms. The smallest absolute Gasteiger partial charge is 0.259 e. The van der Waals surface area contributed by atoms with Crippen molar-refractivity contribution in [1.29, 1.82) is 0 Å². The predicted octanol–water partition coefficient (Wildman–Crippen LogP) is 4.30. The van der Waals surface area contributed by atoms with Gasteiger partial charge in [0.25, 0.3) is 5.91 Å². The van der Waals surface area contributed by atoms with Crippen LogP contribution in [0.2, 0.25) is 5.02 Å². The summed E-state index contributed by atoms with van der Waals surface area (Å²) in [5.74, 6) is -0.0435. The fourth-order valence-electron chi connectivity index (χ4n) is 3.71. The molecular weight excluding hydrogens is 407 g/mol. The summed E-state index contributed by atoms with van der Waals surface area (Å²) >= 11 is 6.06. The molecule has 156 valence electrons. The van der Waals surface area contributed by atoms with E-state index in [0.717, 1.165) is 24.2 Å². The van der Waals surface area contributed by atoms with Crippen LogP contribution in [0.25, 0.3) is 5.69 Å². The molecule has 0 N–H and O–H groups in total. The molecule has 0 radical (unpaired) electrons. The van der Waals surface area contributed by atoms with Crippen LogP contribution < -0.4 is 4.74 Å². The number of likely N-dealkylation sites (tertiary alicyclic amines) is 1. The Hall–Kier alpha value is -2.93. The van der Waals surface area contributed by atoms with E-state index in [2.05, 4.69) is 10.2 Å². The minimum atomic E-state index is -0.581. The lowest BCUT2D eigenvalue weighted by atomic mass is 9.98. The zero-order chi connectivity index (χ0) is 21.1. The van der Waals surface area contributed by atoms with Gasteiger partial charge in [0.1, 0.15) is 22.8 Å². The Morgan fingerprint density at radius 2 is 2.07 bits per heavy atom. The van der Waals surface area contributed by atoms with Gasteiger partial charge in [-0.3, -0.25) is 4.79 Å². The Labute approximate surface area is 179 Å². The standard InChI is InChI=1S/C22H22ClFN4O2/c1-15-7-8-17(23)12-20(15)30-14-16-4-3-11-27(13-16)22(29)21-18(24)5-2-6-19(21)28-25-9-10-26-28/h2,5-10,12,16H,3-4,11,13-14H2,1H3/t16-/m1/s1. The Morgan fingerprint density at radius 1 is 1.27 bits per heavy atom. The van der Waals surface area contributed by atoms with Crippen molar-refractivity contribution in [2.75, 3.05) is 19.7 Å². The lowest BCUT2D eigenvalue weighted by Gasteiger charge is -2.33. The van der Waals surface area contributed by atoms with Crippen LogP contribution in [-0.2, 0) is 0 Å². The summed E-state index contributed by atoms with van der Waals surface area (Å²) in [7, 11) is 0. The van der Waals surface area contributed by atoms with Gasteiger partial charge in [-0.2, -0.15) is 15.0 Å². The van der Waals surface area contributed by atoms with Gasteiger partial charge in [0.15, 0.2) is 0 Å². The van der Waals surface area contributed by atoms with Crippen LogP contribution in [0.1, 0.15) is 28.8 Å². The van der Waals surface area contributed by atoms with Gasteiger partial charge in [-0.1, -0.05) is 23.7 Å². The number of aryl methyl sites for hydroxylation is 1. The topological polar surface area (TPSA) is 60.2 Å². The third-order valence-electron chi connectivity index (χ3n) is 5.27. The first-order valence-corrected chi connectivity index (χ1v) is 10.2. The van der Waals surface area contributed by atoms with Gasteiger partial charge in [0.05, 0.1) is 19.0 Å². The maximum atomic E-state index is 14.6. The van der Waals surface area contributed by atoms with E-state index in [1.807, 2.05) is 19.1 Å². The van der Waals surface area contributed by atoms with Crippen molar-refractivity contribution < 1.29 is 13.9 Å². The summed E-state index contributed by atoms with van der Waals surface area (Å²) in [5, 5.41) is 8.71. The number of carbonyl (C=O) groups excluding carboxylic acids is 1. The summed E-state index contributed by atoms with van der Waals surface area (Å²) in [6, 6.07) is 10.0. The molecule has 1 aliphatic rings. The first kappa shape index (κ1) is 20.3. The average Bonchev–Trinajstić information content (AvgIpc) is 3.29. The molecule has 1 amide bonds. The van der Waals surface area contributed by atoms with Gasteiger partial charge in [0, 0.05) is 24.0 Å². The highest BCUT2D eigenvalue weighted by Crippen LogP contribution is 2.26.